The second kappa shape index (κ2) is 5.72. The lowest BCUT2D eigenvalue weighted by atomic mass is 10.00. The monoisotopic (exact) mass is 254 g/mol. The summed E-state index contributed by atoms with van der Waals surface area (Å²) in [6.45, 7) is 11.7. The first kappa shape index (κ1) is 15.0. The van der Waals surface area contributed by atoms with E-state index in [1.54, 1.807) is 4.90 Å². The summed E-state index contributed by atoms with van der Waals surface area (Å²) in [5, 5.41) is 0. The van der Waals surface area contributed by atoms with E-state index in [2.05, 4.69) is 0 Å². The zero-order valence-corrected chi connectivity index (χ0v) is 12.3. The van der Waals surface area contributed by atoms with Crippen molar-refractivity contribution in [3.63, 3.8) is 0 Å². The van der Waals surface area contributed by atoms with Gasteiger partial charge in [0.1, 0.15) is 0 Å². The molecule has 1 saturated heterocycles. The van der Waals surface area contributed by atoms with Crippen molar-refractivity contribution in [3.05, 3.63) is 0 Å². The van der Waals surface area contributed by atoms with Gasteiger partial charge in [0.15, 0.2) is 0 Å². The molecular formula is C14H26N2O2. The third kappa shape index (κ3) is 3.24. The van der Waals surface area contributed by atoms with Gasteiger partial charge in [-0.25, -0.2) is 0 Å². The zero-order chi connectivity index (χ0) is 13.9. The molecule has 1 fully saturated rings. The molecule has 1 aliphatic heterocycles. The largest absolute Gasteiger partial charge is 0.335 e. The highest BCUT2D eigenvalue weighted by molar-refractivity contribution is 5.87. The third-order valence-electron chi connectivity index (χ3n) is 3.68. The number of hydrogen-bond acceptors (Lipinski definition) is 2. The van der Waals surface area contributed by atoms with Crippen LogP contribution in [-0.4, -0.2) is 46.8 Å². The molecule has 0 unspecified atom stereocenters. The normalized spacial score (nSPS) is 17.6. The van der Waals surface area contributed by atoms with Crippen LogP contribution in [0.4, 0.5) is 0 Å². The number of hydrogen-bond donors (Lipinski definition) is 0. The zero-order valence-electron chi connectivity index (χ0n) is 12.3. The second-order valence-electron chi connectivity index (χ2n) is 5.99. The summed E-state index contributed by atoms with van der Waals surface area (Å²) in [6, 6.07) is 0. The smallest absolute Gasteiger partial charge is 0.242 e. The van der Waals surface area contributed by atoms with Crippen molar-refractivity contribution in [2.24, 2.45) is 5.92 Å². The molecule has 1 heterocycles. The van der Waals surface area contributed by atoms with Crippen LogP contribution in [0.3, 0.4) is 0 Å². The molecule has 0 radical (unpaired) electrons. The van der Waals surface area contributed by atoms with Gasteiger partial charge in [-0.1, -0.05) is 13.8 Å². The Kier molecular flexibility index (Phi) is 4.77. The highest BCUT2D eigenvalue weighted by Crippen LogP contribution is 2.19. The van der Waals surface area contributed by atoms with Crippen molar-refractivity contribution in [3.8, 4) is 0 Å². The molecule has 2 amide bonds. The fourth-order valence-corrected chi connectivity index (χ4v) is 2.47. The van der Waals surface area contributed by atoms with Gasteiger partial charge in [-0.05, 0) is 33.6 Å². The summed E-state index contributed by atoms with van der Waals surface area (Å²) in [6.07, 6.45) is 1.70. The minimum atomic E-state index is -0.152. The molecule has 0 atom stereocenters. The Hall–Kier alpha value is -1.06. The predicted molar refractivity (Wildman–Crippen MR) is 72.1 cm³/mol. The maximum Gasteiger partial charge on any atom is 0.242 e. The van der Waals surface area contributed by atoms with E-state index in [4.69, 9.17) is 0 Å². The molecule has 0 aromatic rings. The Balaban J connectivity index is 2.66. The van der Waals surface area contributed by atoms with Gasteiger partial charge >= 0.3 is 0 Å². The lowest BCUT2D eigenvalue weighted by Gasteiger charge is -2.42. The van der Waals surface area contributed by atoms with Crippen LogP contribution in [0.25, 0.3) is 0 Å². The summed E-state index contributed by atoms with van der Waals surface area (Å²) in [4.78, 5) is 27.9. The van der Waals surface area contributed by atoms with Gasteiger partial charge in [0.2, 0.25) is 11.8 Å². The van der Waals surface area contributed by atoms with Crippen LogP contribution in [0.5, 0.6) is 0 Å². The second-order valence-corrected chi connectivity index (χ2v) is 5.99. The lowest BCUT2D eigenvalue weighted by Crippen LogP contribution is -2.58. The Morgan fingerprint density at radius 1 is 1.22 bits per heavy atom. The molecule has 0 aromatic heterocycles. The van der Waals surface area contributed by atoms with E-state index in [9.17, 15) is 9.59 Å². The van der Waals surface area contributed by atoms with Gasteiger partial charge in [-0.3, -0.25) is 9.59 Å². The van der Waals surface area contributed by atoms with Crippen LogP contribution in [-0.2, 0) is 9.59 Å². The summed E-state index contributed by atoms with van der Waals surface area (Å²) >= 11 is 0. The standard InChI is InChI=1S/C14H26N2O2/c1-6-11(7-2)13(18)15-8-9-16(12(17)10-15)14(3,4)5/h11H,6-10H2,1-5H3. The number of rotatable bonds is 3. The van der Waals surface area contributed by atoms with Gasteiger partial charge < -0.3 is 9.80 Å². The first-order chi connectivity index (χ1) is 8.31. The quantitative estimate of drug-likeness (QED) is 0.771. The first-order valence-electron chi connectivity index (χ1n) is 6.90. The van der Waals surface area contributed by atoms with E-state index in [0.29, 0.717) is 13.1 Å². The average Bonchev–Trinajstić information content (AvgIpc) is 2.28. The lowest BCUT2D eigenvalue weighted by molar-refractivity contribution is -0.151. The minimum Gasteiger partial charge on any atom is -0.335 e. The summed E-state index contributed by atoms with van der Waals surface area (Å²) in [5.74, 6) is 0.272. The van der Waals surface area contributed by atoms with Gasteiger partial charge in [0, 0.05) is 24.5 Å². The molecule has 0 saturated carbocycles. The van der Waals surface area contributed by atoms with Crippen LogP contribution in [0.2, 0.25) is 0 Å². The molecule has 4 nitrogen and oxygen atoms in total. The first-order valence-corrected chi connectivity index (χ1v) is 6.90. The Morgan fingerprint density at radius 3 is 2.17 bits per heavy atom. The van der Waals surface area contributed by atoms with E-state index in [1.807, 2.05) is 39.5 Å². The van der Waals surface area contributed by atoms with E-state index < -0.39 is 0 Å². The fraction of sp³-hybridized carbons (Fsp3) is 0.857. The Labute approximate surface area is 110 Å². The number of nitrogens with zero attached hydrogens (tertiary/aromatic N) is 2. The fourth-order valence-electron chi connectivity index (χ4n) is 2.47. The van der Waals surface area contributed by atoms with Gasteiger partial charge in [-0.15, -0.1) is 0 Å². The molecule has 104 valence electrons. The van der Waals surface area contributed by atoms with Crippen LogP contribution >= 0.6 is 0 Å². The maximum atomic E-state index is 12.2. The van der Waals surface area contributed by atoms with E-state index in [0.717, 1.165) is 12.8 Å². The minimum absolute atomic E-state index is 0.0630. The van der Waals surface area contributed by atoms with Gasteiger partial charge in [0.05, 0.1) is 6.54 Å². The van der Waals surface area contributed by atoms with Gasteiger partial charge in [0.25, 0.3) is 0 Å². The SMILES string of the molecule is CCC(CC)C(=O)N1CCN(C(C)(C)C)C(=O)C1. The molecule has 0 spiro atoms. The van der Waals surface area contributed by atoms with E-state index >= 15 is 0 Å². The topological polar surface area (TPSA) is 40.6 Å². The average molecular weight is 254 g/mol. The molecule has 0 bridgehead atoms. The molecule has 1 aliphatic rings. The van der Waals surface area contributed by atoms with Crippen molar-refractivity contribution >= 4 is 11.8 Å². The molecule has 0 aromatic carbocycles. The molecule has 4 heteroatoms. The number of piperazine rings is 1. The van der Waals surface area contributed by atoms with Crippen molar-refractivity contribution in [1.82, 2.24) is 9.80 Å². The Morgan fingerprint density at radius 2 is 1.78 bits per heavy atom. The molecule has 18 heavy (non-hydrogen) atoms. The van der Waals surface area contributed by atoms with Crippen LogP contribution in [0.1, 0.15) is 47.5 Å². The maximum absolute atomic E-state index is 12.2. The predicted octanol–water partition coefficient (Wildman–Crippen LogP) is 1.89. The third-order valence-corrected chi connectivity index (χ3v) is 3.68. The summed E-state index contributed by atoms with van der Waals surface area (Å²) in [5.41, 5.74) is -0.152. The number of carbonyl (C=O) groups is 2. The molecule has 1 rings (SSSR count). The molecule has 0 aliphatic carbocycles. The van der Waals surface area contributed by atoms with Crippen LogP contribution < -0.4 is 0 Å². The molecule has 0 N–H and O–H groups in total. The Bertz CT molecular complexity index is 316. The highest BCUT2D eigenvalue weighted by Gasteiger charge is 2.34. The van der Waals surface area contributed by atoms with E-state index in [-0.39, 0.29) is 29.8 Å². The van der Waals surface area contributed by atoms with Crippen molar-refractivity contribution in [1.29, 1.82) is 0 Å². The summed E-state index contributed by atoms with van der Waals surface area (Å²) < 4.78 is 0. The molecular weight excluding hydrogens is 228 g/mol. The number of carbonyl (C=O) groups excluding carboxylic acids is 2. The van der Waals surface area contributed by atoms with Gasteiger partial charge in [-0.2, -0.15) is 0 Å². The van der Waals surface area contributed by atoms with Crippen molar-refractivity contribution in [2.75, 3.05) is 19.6 Å². The highest BCUT2D eigenvalue weighted by atomic mass is 16.2. The van der Waals surface area contributed by atoms with Crippen molar-refractivity contribution in [2.45, 2.75) is 53.0 Å². The van der Waals surface area contributed by atoms with Crippen LogP contribution in [0, 0.1) is 5.92 Å². The van der Waals surface area contributed by atoms with Crippen molar-refractivity contribution < 1.29 is 9.59 Å². The summed E-state index contributed by atoms with van der Waals surface area (Å²) in [7, 11) is 0. The van der Waals surface area contributed by atoms with E-state index in [1.165, 1.54) is 0 Å². The van der Waals surface area contributed by atoms with Crippen LogP contribution in [0.15, 0.2) is 0 Å². The number of amides is 2.